The molecule has 0 fully saturated rings. The van der Waals surface area contributed by atoms with Gasteiger partial charge in [-0.1, -0.05) is 70.5 Å². The Morgan fingerprint density at radius 2 is 1.60 bits per heavy atom. The van der Waals surface area contributed by atoms with E-state index in [1.54, 1.807) is 0 Å². The second kappa shape index (κ2) is 4.60. The zero-order chi connectivity index (χ0) is 13.5. The van der Waals surface area contributed by atoms with Crippen LogP contribution in [0.15, 0.2) is 65.1 Å². The van der Waals surface area contributed by atoms with Gasteiger partial charge in [-0.2, -0.15) is 0 Å². The molecule has 0 unspecified atom stereocenters. The van der Waals surface area contributed by atoms with Crippen LogP contribution in [-0.4, -0.2) is 0 Å². The summed E-state index contributed by atoms with van der Waals surface area (Å²) in [7, 11) is 0. The third-order valence-corrected chi connectivity index (χ3v) is 4.46. The maximum Gasteiger partial charge on any atom is 0.0175 e. The Bertz CT molecular complexity index is 821. The highest BCUT2D eigenvalue weighted by molar-refractivity contribution is 9.10. The predicted octanol–water partition coefficient (Wildman–Crippen LogP) is 5.70. The molecule has 0 saturated carbocycles. The van der Waals surface area contributed by atoms with Crippen LogP contribution >= 0.6 is 15.9 Å². The lowest BCUT2D eigenvalue weighted by Crippen LogP contribution is -1.80. The molecule has 1 aliphatic rings. The van der Waals surface area contributed by atoms with Gasteiger partial charge in [0.2, 0.25) is 0 Å². The van der Waals surface area contributed by atoms with Crippen LogP contribution in [0.5, 0.6) is 0 Å². The first-order valence-corrected chi connectivity index (χ1v) is 7.58. The first kappa shape index (κ1) is 11.9. The van der Waals surface area contributed by atoms with E-state index in [9.17, 15) is 0 Å². The number of hydrogen-bond acceptors (Lipinski definition) is 0. The molecule has 0 saturated heterocycles. The van der Waals surface area contributed by atoms with E-state index in [1.807, 2.05) is 0 Å². The Hall–Kier alpha value is -1.86. The Labute approximate surface area is 126 Å². The zero-order valence-corrected chi connectivity index (χ0v) is 12.5. The summed E-state index contributed by atoms with van der Waals surface area (Å²) in [5, 5.41) is 2.78. The van der Waals surface area contributed by atoms with Crippen LogP contribution in [0.3, 0.4) is 0 Å². The lowest BCUT2D eigenvalue weighted by atomic mass is 10.0. The highest BCUT2D eigenvalue weighted by Gasteiger charge is 2.17. The number of halogens is 1. The monoisotopic (exact) mass is 320 g/mol. The minimum atomic E-state index is 1.03. The van der Waals surface area contributed by atoms with Gasteiger partial charge in [0, 0.05) is 4.47 Å². The largest absolute Gasteiger partial charge is 0.0613 e. The Morgan fingerprint density at radius 1 is 0.850 bits per heavy atom. The van der Waals surface area contributed by atoms with Crippen LogP contribution in [0, 0.1) is 0 Å². The SMILES string of the molecule is Brc1ccc(C=C2Cc3cccc4cccc2c34)cc1. The summed E-state index contributed by atoms with van der Waals surface area (Å²) in [6.45, 7) is 0. The van der Waals surface area contributed by atoms with Crippen molar-refractivity contribution >= 4 is 38.4 Å². The molecule has 0 amide bonds. The minimum Gasteiger partial charge on any atom is -0.0613 e. The standard InChI is InChI=1S/C19H13Br/c20-17-9-7-13(8-10-17)11-16-12-15-5-1-3-14-4-2-6-18(16)19(14)15/h1-11H,12H2. The van der Waals surface area contributed by atoms with E-state index in [4.69, 9.17) is 0 Å². The lowest BCUT2D eigenvalue weighted by Gasteiger charge is -2.02. The molecule has 3 aromatic carbocycles. The Morgan fingerprint density at radius 3 is 2.40 bits per heavy atom. The first-order valence-electron chi connectivity index (χ1n) is 6.78. The number of benzene rings is 3. The number of hydrogen-bond donors (Lipinski definition) is 0. The molecule has 96 valence electrons. The average Bonchev–Trinajstić information content (AvgIpc) is 2.82. The van der Waals surface area contributed by atoms with Gasteiger partial charge < -0.3 is 0 Å². The van der Waals surface area contributed by atoms with Crippen molar-refractivity contribution in [3.8, 4) is 0 Å². The summed E-state index contributed by atoms with van der Waals surface area (Å²) in [5.41, 5.74) is 5.51. The van der Waals surface area contributed by atoms with Gasteiger partial charge in [0.15, 0.2) is 0 Å². The molecule has 3 aromatic rings. The van der Waals surface area contributed by atoms with Crippen molar-refractivity contribution in [2.45, 2.75) is 6.42 Å². The van der Waals surface area contributed by atoms with Crippen molar-refractivity contribution < 1.29 is 0 Å². The average molecular weight is 321 g/mol. The molecule has 1 heteroatoms. The normalized spacial score (nSPS) is 15.2. The molecular formula is C19H13Br. The Kier molecular flexibility index (Phi) is 2.75. The van der Waals surface area contributed by atoms with Gasteiger partial charge in [-0.3, -0.25) is 0 Å². The fourth-order valence-corrected chi connectivity index (χ4v) is 3.29. The molecule has 0 spiro atoms. The smallest absolute Gasteiger partial charge is 0.0175 e. The second-order valence-corrected chi connectivity index (χ2v) is 6.13. The number of rotatable bonds is 1. The van der Waals surface area contributed by atoms with E-state index in [-0.39, 0.29) is 0 Å². The van der Waals surface area contributed by atoms with Gasteiger partial charge in [0.1, 0.15) is 0 Å². The van der Waals surface area contributed by atoms with Gasteiger partial charge in [-0.25, -0.2) is 0 Å². The van der Waals surface area contributed by atoms with Crippen molar-refractivity contribution in [3.63, 3.8) is 0 Å². The van der Waals surface area contributed by atoms with Gasteiger partial charge in [0.25, 0.3) is 0 Å². The minimum absolute atomic E-state index is 1.03. The van der Waals surface area contributed by atoms with Gasteiger partial charge in [-0.15, -0.1) is 0 Å². The molecule has 0 N–H and O–H groups in total. The fraction of sp³-hybridized carbons (Fsp3) is 0.0526. The van der Waals surface area contributed by atoms with E-state index in [2.05, 4.69) is 82.7 Å². The van der Waals surface area contributed by atoms with Crippen molar-refractivity contribution in [2.24, 2.45) is 0 Å². The number of allylic oxidation sites excluding steroid dienone is 1. The molecule has 1 aliphatic carbocycles. The van der Waals surface area contributed by atoms with Gasteiger partial charge >= 0.3 is 0 Å². The molecule has 4 rings (SSSR count). The van der Waals surface area contributed by atoms with Crippen LogP contribution in [0.4, 0.5) is 0 Å². The quantitative estimate of drug-likeness (QED) is 0.539. The molecule has 20 heavy (non-hydrogen) atoms. The summed E-state index contributed by atoms with van der Waals surface area (Å²) in [5.74, 6) is 0. The van der Waals surface area contributed by atoms with Crippen LogP contribution in [0.25, 0.3) is 22.4 Å². The topological polar surface area (TPSA) is 0 Å². The van der Waals surface area contributed by atoms with Gasteiger partial charge in [0.05, 0.1) is 0 Å². The predicted molar refractivity (Wildman–Crippen MR) is 89.7 cm³/mol. The van der Waals surface area contributed by atoms with Crippen molar-refractivity contribution in [1.82, 2.24) is 0 Å². The van der Waals surface area contributed by atoms with E-state index in [0.717, 1.165) is 10.9 Å². The summed E-state index contributed by atoms with van der Waals surface area (Å²) in [6, 6.07) is 21.7. The van der Waals surface area contributed by atoms with Crippen LogP contribution in [0.1, 0.15) is 16.7 Å². The summed E-state index contributed by atoms with van der Waals surface area (Å²) < 4.78 is 1.12. The van der Waals surface area contributed by atoms with Crippen molar-refractivity contribution in [1.29, 1.82) is 0 Å². The van der Waals surface area contributed by atoms with E-state index < -0.39 is 0 Å². The van der Waals surface area contributed by atoms with E-state index in [1.165, 1.54) is 33.0 Å². The maximum atomic E-state index is 3.48. The maximum absolute atomic E-state index is 3.48. The Balaban J connectivity index is 1.88. The van der Waals surface area contributed by atoms with Crippen LogP contribution in [-0.2, 0) is 6.42 Å². The zero-order valence-electron chi connectivity index (χ0n) is 10.9. The van der Waals surface area contributed by atoms with E-state index in [0.29, 0.717) is 0 Å². The lowest BCUT2D eigenvalue weighted by molar-refractivity contribution is 1.38. The molecule has 0 bridgehead atoms. The molecule has 0 heterocycles. The third-order valence-electron chi connectivity index (χ3n) is 3.93. The van der Waals surface area contributed by atoms with Crippen LogP contribution < -0.4 is 0 Å². The third kappa shape index (κ3) is 1.90. The van der Waals surface area contributed by atoms with Crippen LogP contribution in [0.2, 0.25) is 0 Å². The molecule has 0 nitrogen and oxygen atoms in total. The summed E-state index contributed by atoms with van der Waals surface area (Å²) in [6.07, 6.45) is 3.34. The first-order chi connectivity index (χ1) is 9.81. The molecule has 0 aliphatic heterocycles. The molecule has 0 radical (unpaired) electrons. The molecular weight excluding hydrogens is 308 g/mol. The highest BCUT2D eigenvalue weighted by Crippen LogP contribution is 2.38. The van der Waals surface area contributed by atoms with Crippen molar-refractivity contribution in [3.05, 3.63) is 81.8 Å². The fourth-order valence-electron chi connectivity index (χ4n) is 3.02. The van der Waals surface area contributed by atoms with Crippen molar-refractivity contribution in [2.75, 3.05) is 0 Å². The van der Waals surface area contributed by atoms with Gasteiger partial charge in [-0.05, 0) is 51.6 Å². The van der Waals surface area contributed by atoms with E-state index >= 15 is 0 Å². The summed E-state index contributed by atoms with van der Waals surface area (Å²) in [4.78, 5) is 0. The highest BCUT2D eigenvalue weighted by atomic mass is 79.9. The second-order valence-electron chi connectivity index (χ2n) is 5.22. The molecule has 0 aromatic heterocycles. The molecule has 0 atom stereocenters. The summed E-state index contributed by atoms with van der Waals surface area (Å²) >= 11 is 3.48.